The Bertz CT molecular complexity index is 892. The molecule has 0 aliphatic carbocycles. The minimum Gasteiger partial charge on any atom is -0.389 e. The van der Waals surface area contributed by atoms with Gasteiger partial charge in [0.25, 0.3) is 0 Å². The van der Waals surface area contributed by atoms with Crippen LogP contribution in [0.15, 0.2) is 79.0 Å². The van der Waals surface area contributed by atoms with Crippen molar-refractivity contribution in [2.75, 3.05) is 5.32 Å². The van der Waals surface area contributed by atoms with Crippen LogP contribution in [0.2, 0.25) is 0 Å². The van der Waals surface area contributed by atoms with E-state index in [1.54, 1.807) is 13.1 Å². The van der Waals surface area contributed by atoms with Gasteiger partial charge in [0, 0.05) is 23.5 Å². The van der Waals surface area contributed by atoms with Gasteiger partial charge in [0.2, 0.25) is 0 Å². The van der Waals surface area contributed by atoms with Crippen LogP contribution < -0.4 is 5.32 Å². The average molecular weight is 317 g/mol. The summed E-state index contributed by atoms with van der Waals surface area (Å²) in [5.41, 5.74) is 2.34. The molecule has 0 spiro atoms. The van der Waals surface area contributed by atoms with E-state index in [4.69, 9.17) is 0 Å². The number of aliphatic hydroxyl groups excluding tert-OH is 1. The fraction of sp³-hybridized carbons (Fsp3) is 0.0952. The van der Waals surface area contributed by atoms with Crippen LogP contribution in [-0.2, 0) is 0 Å². The number of aliphatic hydroxyl groups is 1. The molecule has 0 saturated heterocycles. The standard InChI is InChI=1S/C21H19NO2/c1-15(23)17-8-4-9-18(14-17)22-13-12-21(24)20-11-5-7-16-6-2-3-10-19(16)20/h2-15,22-23H,1H3/b13-12+/t15-/m0/s1. The molecule has 1 atom stereocenters. The Morgan fingerprint density at radius 3 is 2.62 bits per heavy atom. The second-order valence-corrected chi connectivity index (χ2v) is 5.67. The van der Waals surface area contributed by atoms with Crippen molar-refractivity contribution in [1.82, 2.24) is 0 Å². The van der Waals surface area contributed by atoms with Crippen LogP contribution >= 0.6 is 0 Å². The Balaban J connectivity index is 1.77. The van der Waals surface area contributed by atoms with Crippen molar-refractivity contribution in [1.29, 1.82) is 0 Å². The largest absolute Gasteiger partial charge is 0.389 e. The molecule has 24 heavy (non-hydrogen) atoms. The molecule has 3 heteroatoms. The minimum absolute atomic E-state index is 0.0500. The molecule has 3 rings (SSSR count). The zero-order valence-corrected chi connectivity index (χ0v) is 13.4. The third-order valence-corrected chi connectivity index (χ3v) is 3.91. The van der Waals surface area contributed by atoms with Crippen molar-refractivity contribution in [2.45, 2.75) is 13.0 Å². The van der Waals surface area contributed by atoms with E-state index >= 15 is 0 Å². The highest BCUT2D eigenvalue weighted by molar-refractivity contribution is 6.13. The van der Waals surface area contributed by atoms with Gasteiger partial charge in [-0.15, -0.1) is 0 Å². The summed E-state index contributed by atoms with van der Waals surface area (Å²) >= 11 is 0. The molecule has 2 N–H and O–H groups in total. The fourth-order valence-electron chi connectivity index (χ4n) is 2.63. The van der Waals surface area contributed by atoms with E-state index in [-0.39, 0.29) is 5.78 Å². The van der Waals surface area contributed by atoms with Crippen molar-refractivity contribution >= 4 is 22.2 Å². The summed E-state index contributed by atoms with van der Waals surface area (Å²) < 4.78 is 0. The lowest BCUT2D eigenvalue weighted by atomic mass is 10.0. The van der Waals surface area contributed by atoms with Gasteiger partial charge >= 0.3 is 0 Å². The molecule has 0 bridgehead atoms. The van der Waals surface area contributed by atoms with Crippen LogP contribution in [0.4, 0.5) is 5.69 Å². The second-order valence-electron chi connectivity index (χ2n) is 5.67. The fourth-order valence-corrected chi connectivity index (χ4v) is 2.63. The number of hydrogen-bond donors (Lipinski definition) is 2. The first kappa shape index (κ1) is 16.0. The summed E-state index contributed by atoms with van der Waals surface area (Å²) in [6.45, 7) is 1.72. The highest BCUT2D eigenvalue weighted by Gasteiger charge is 2.06. The number of benzene rings is 3. The quantitative estimate of drug-likeness (QED) is 0.529. The van der Waals surface area contributed by atoms with Crippen molar-refractivity contribution in [3.05, 3.63) is 90.1 Å². The number of carbonyl (C=O) groups is 1. The Morgan fingerprint density at radius 1 is 1.04 bits per heavy atom. The zero-order chi connectivity index (χ0) is 16.9. The number of nitrogens with one attached hydrogen (secondary N) is 1. The second kappa shape index (κ2) is 7.11. The van der Waals surface area contributed by atoms with Crippen molar-refractivity contribution in [3.63, 3.8) is 0 Å². The summed E-state index contributed by atoms with van der Waals surface area (Å²) in [5, 5.41) is 14.7. The number of hydrogen-bond acceptors (Lipinski definition) is 3. The van der Waals surface area contributed by atoms with Crippen LogP contribution in [0, 0.1) is 0 Å². The molecule has 0 aromatic heterocycles. The smallest absolute Gasteiger partial charge is 0.187 e. The highest BCUT2D eigenvalue weighted by atomic mass is 16.3. The normalized spacial score (nSPS) is 12.4. The van der Waals surface area contributed by atoms with Gasteiger partial charge in [0.05, 0.1) is 6.10 Å². The summed E-state index contributed by atoms with van der Waals surface area (Å²) in [6, 6.07) is 21.0. The first-order valence-electron chi connectivity index (χ1n) is 7.88. The van der Waals surface area contributed by atoms with E-state index < -0.39 is 6.10 Å². The van der Waals surface area contributed by atoms with Crippen molar-refractivity contribution < 1.29 is 9.90 Å². The highest BCUT2D eigenvalue weighted by Crippen LogP contribution is 2.20. The summed E-state index contributed by atoms with van der Waals surface area (Å²) in [5.74, 6) is -0.0500. The van der Waals surface area contributed by atoms with E-state index in [0.29, 0.717) is 5.56 Å². The van der Waals surface area contributed by atoms with Crippen LogP contribution in [0.25, 0.3) is 10.8 Å². The first-order chi connectivity index (χ1) is 11.6. The maximum Gasteiger partial charge on any atom is 0.187 e. The number of ketones is 1. The molecule has 0 saturated carbocycles. The van der Waals surface area contributed by atoms with Gasteiger partial charge in [-0.2, -0.15) is 0 Å². The average Bonchev–Trinajstić information content (AvgIpc) is 2.61. The van der Waals surface area contributed by atoms with Gasteiger partial charge in [-0.3, -0.25) is 4.79 Å². The summed E-state index contributed by atoms with van der Waals surface area (Å²) in [4.78, 5) is 12.5. The molecule has 0 heterocycles. The number of allylic oxidation sites excluding steroid dienone is 1. The molecule has 0 fully saturated rings. The molecular weight excluding hydrogens is 298 g/mol. The number of carbonyl (C=O) groups excluding carboxylic acids is 1. The molecule has 120 valence electrons. The summed E-state index contributed by atoms with van der Waals surface area (Å²) in [6.07, 6.45) is 2.63. The monoisotopic (exact) mass is 317 g/mol. The van der Waals surface area contributed by atoms with Crippen molar-refractivity contribution in [2.24, 2.45) is 0 Å². The maximum absolute atomic E-state index is 12.5. The lowest BCUT2D eigenvalue weighted by Gasteiger charge is -2.07. The Morgan fingerprint density at radius 2 is 1.79 bits per heavy atom. The van der Waals surface area contributed by atoms with E-state index in [1.807, 2.05) is 66.7 Å². The topological polar surface area (TPSA) is 49.3 Å². The molecule has 0 aliphatic rings. The Hall–Kier alpha value is -2.91. The summed E-state index contributed by atoms with van der Waals surface area (Å²) in [7, 11) is 0. The van der Waals surface area contributed by atoms with Gasteiger partial charge in [-0.1, -0.05) is 54.6 Å². The third kappa shape index (κ3) is 3.53. The molecule has 0 unspecified atom stereocenters. The lowest BCUT2D eigenvalue weighted by molar-refractivity contribution is 0.104. The van der Waals surface area contributed by atoms with Crippen LogP contribution in [0.1, 0.15) is 28.9 Å². The molecular formula is C21H19NO2. The van der Waals surface area contributed by atoms with Gasteiger partial charge in [-0.05, 0) is 35.4 Å². The molecule has 0 amide bonds. The van der Waals surface area contributed by atoms with Gasteiger partial charge in [0.15, 0.2) is 5.78 Å². The molecule has 3 aromatic rings. The van der Waals surface area contributed by atoms with Crippen LogP contribution in [0.3, 0.4) is 0 Å². The van der Waals surface area contributed by atoms with Crippen molar-refractivity contribution in [3.8, 4) is 0 Å². The minimum atomic E-state index is -0.520. The molecule has 0 radical (unpaired) electrons. The predicted octanol–water partition coefficient (Wildman–Crippen LogP) is 4.70. The van der Waals surface area contributed by atoms with E-state index in [0.717, 1.165) is 22.0 Å². The Kier molecular flexibility index (Phi) is 4.73. The van der Waals surface area contributed by atoms with E-state index in [2.05, 4.69) is 5.32 Å². The van der Waals surface area contributed by atoms with Gasteiger partial charge < -0.3 is 10.4 Å². The van der Waals surface area contributed by atoms with Crippen LogP contribution in [0.5, 0.6) is 0 Å². The Labute approximate surface area is 141 Å². The first-order valence-corrected chi connectivity index (χ1v) is 7.88. The number of anilines is 1. The molecule has 3 aromatic carbocycles. The maximum atomic E-state index is 12.5. The van der Waals surface area contributed by atoms with E-state index in [1.165, 1.54) is 6.08 Å². The van der Waals surface area contributed by atoms with Gasteiger partial charge in [0.1, 0.15) is 0 Å². The lowest BCUT2D eigenvalue weighted by Crippen LogP contribution is -1.98. The molecule has 0 aliphatic heterocycles. The predicted molar refractivity (Wildman–Crippen MR) is 98.1 cm³/mol. The third-order valence-electron chi connectivity index (χ3n) is 3.91. The molecule has 3 nitrogen and oxygen atoms in total. The number of fused-ring (bicyclic) bond motifs is 1. The zero-order valence-electron chi connectivity index (χ0n) is 13.4. The van der Waals surface area contributed by atoms with Crippen LogP contribution in [-0.4, -0.2) is 10.9 Å². The van der Waals surface area contributed by atoms with E-state index in [9.17, 15) is 9.90 Å². The SMILES string of the molecule is C[C@H](O)c1cccc(N/C=C/C(=O)c2cccc3ccccc23)c1. The van der Waals surface area contributed by atoms with Gasteiger partial charge in [-0.25, -0.2) is 0 Å². The number of rotatable bonds is 5.